The molecule has 0 bridgehead atoms. The average Bonchev–Trinajstić information content (AvgIpc) is 3.70. The first-order valence-corrected chi connectivity index (χ1v) is 39.3. The quantitative estimate of drug-likeness (QED) is 0.0222. The molecule has 3 N–H and O–H groups in total. The lowest BCUT2D eigenvalue weighted by molar-refractivity contribution is -0.161. The highest BCUT2D eigenvalue weighted by atomic mass is 31.2. The van der Waals surface area contributed by atoms with Crippen molar-refractivity contribution in [1.82, 2.24) is 0 Å². The van der Waals surface area contributed by atoms with Gasteiger partial charge < -0.3 is 33.8 Å². The van der Waals surface area contributed by atoms with E-state index >= 15 is 0 Å². The molecule has 17 nitrogen and oxygen atoms in total. The van der Waals surface area contributed by atoms with Gasteiger partial charge >= 0.3 is 39.5 Å². The van der Waals surface area contributed by atoms with Crippen LogP contribution < -0.4 is 0 Å². The molecular formula is C70H136O17P2. The van der Waals surface area contributed by atoms with Crippen LogP contribution in [-0.4, -0.2) is 96.7 Å². The monoisotopic (exact) mass is 1310 g/mol. The van der Waals surface area contributed by atoms with Crippen molar-refractivity contribution in [3.63, 3.8) is 0 Å². The van der Waals surface area contributed by atoms with E-state index in [1.165, 1.54) is 148 Å². The van der Waals surface area contributed by atoms with Crippen molar-refractivity contribution in [2.75, 3.05) is 39.6 Å². The molecule has 0 saturated heterocycles. The minimum Gasteiger partial charge on any atom is -0.462 e. The number of esters is 4. The number of aliphatic hydroxyl groups excluding tert-OH is 1. The molecule has 2 unspecified atom stereocenters. The molecule has 0 aromatic carbocycles. The van der Waals surface area contributed by atoms with Crippen LogP contribution in [0.2, 0.25) is 0 Å². The number of unbranched alkanes of at least 4 members (excludes halogenated alkanes) is 36. The topological polar surface area (TPSA) is 237 Å². The first kappa shape index (κ1) is 87.1. The van der Waals surface area contributed by atoms with Crippen molar-refractivity contribution in [1.29, 1.82) is 0 Å². The van der Waals surface area contributed by atoms with Gasteiger partial charge in [-0.1, -0.05) is 299 Å². The van der Waals surface area contributed by atoms with Crippen molar-refractivity contribution < 1.29 is 80.2 Å². The predicted molar refractivity (Wildman–Crippen MR) is 358 cm³/mol. The van der Waals surface area contributed by atoms with Crippen molar-refractivity contribution >= 4 is 39.5 Å². The van der Waals surface area contributed by atoms with E-state index in [-0.39, 0.29) is 25.7 Å². The summed E-state index contributed by atoms with van der Waals surface area (Å²) in [6, 6.07) is 0. The molecule has 0 aromatic rings. The normalized spacial score (nSPS) is 14.2. The van der Waals surface area contributed by atoms with E-state index in [0.717, 1.165) is 115 Å². The standard InChI is InChI=1S/C70H136O17P2/c1-8-9-10-11-27-37-44-51-67(72)80-57-65(87-70(75)54-47-40-33-26-30-36-43-50-63(6)7)59-84-88(76,77)82-55-64(71)56-83-89(78,79)85-60-66(58-81-68(73)52-45-38-31-24-20-17-16-19-23-29-35-42-49-62(4)5)86-69(74)53-46-39-32-25-21-15-13-12-14-18-22-28-34-41-48-61(2)3/h61-66,71H,8-60H2,1-7H3,(H,76,77)(H,78,79)/t64-,65+,66+/m0/s1. The number of phosphoric acid groups is 2. The molecule has 0 heterocycles. The van der Waals surface area contributed by atoms with Crippen LogP contribution in [0.1, 0.15) is 350 Å². The van der Waals surface area contributed by atoms with E-state index in [1.807, 2.05) is 0 Å². The molecule has 0 amide bonds. The number of hydrogen-bond acceptors (Lipinski definition) is 15. The lowest BCUT2D eigenvalue weighted by Gasteiger charge is -2.21. The smallest absolute Gasteiger partial charge is 0.462 e. The Bertz CT molecular complexity index is 1750. The molecule has 5 atom stereocenters. The molecule has 0 aliphatic heterocycles. The lowest BCUT2D eigenvalue weighted by atomic mass is 10.0. The summed E-state index contributed by atoms with van der Waals surface area (Å²) in [6.07, 6.45) is 44.7. The Kier molecular flexibility index (Phi) is 59.6. The molecule has 19 heteroatoms. The Morgan fingerprint density at radius 2 is 0.517 bits per heavy atom. The summed E-state index contributed by atoms with van der Waals surface area (Å²) >= 11 is 0. The second-order valence-electron chi connectivity index (χ2n) is 26.7. The number of carbonyl (C=O) groups excluding carboxylic acids is 4. The molecular weight excluding hydrogens is 1170 g/mol. The summed E-state index contributed by atoms with van der Waals surface area (Å²) in [4.78, 5) is 72.4. The number of rotatable bonds is 68. The van der Waals surface area contributed by atoms with Gasteiger partial charge in [0.1, 0.15) is 19.3 Å². The zero-order valence-electron chi connectivity index (χ0n) is 57.9. The number of aliphatic hydroxyl groups is 1. The van der Waals surface area contributed by atoms with Gasteiger partial charge in [-0.3, -0.25) is 37.3 Å². The van der Waals surface area contributed by atoms with Gasteiger partial charge in [0.05, 0.1) is 26.4 Å². The zero-order valence-corrected chi connectivity index (χ0v) is 59.7. The van der Waals surface area contributed by atoms with Gasteiger partial charge in [0, 0.05) is 25.7 Å². The summed E-state index contributed by atoms with van der Waals surface area (Å²) in [5.41, 5.74) is 0. The highest BCUT2D eigenvalue weighted by Crippen LogP contribution is 2.45. The third-order valence-corrected chi connectivity index (χ3v) is 18.0. The van der Waals surface area contributed by atoms with E-state index in [1.54, 1.807) is 0 Å². The fourth-order valence-corrected chi connectivity index (χ4v) is 12.1. The van der Waals surface area contributed by atoms with E-state index in [4.69, 9.17) is 37.0 Å². The number of phosphoric ester groups is 2. The van der Waals surface area contributed by atoms with Gasteiger partial charge in [-0.2, -0.15) is 0 Å². The summed E-state index contributed by atoms with van der Waals surface area (Å²) in [7, 11) is -9.90. The van der Waals surface area contributed by atoms with E-state index in [2.05, 4.69) is 48.5 Å². The first-order valence-electron chi connectivity index (χ1n) is 36.3. The van der Waals surface area contributed by atoms with E-state index in [0.29, 0.717) is 31.6 Å². The highest BCUT2D eigenvalue weighted by Gasteiger charge is 2.30. The minimum atomic E-state index is -4.95. The second-order valence-corrected chi connectivity index (χ2v) is 29.6. The Hall–Kier alpha value is -1.94. The molecule has 89 heavy (non-hydrogen) atoms. The van der Waals surface area contributed by atoms with Crippen LogP contribution in [0.3, 0.4) is 0 Å². The minimum absolute atomic E-state index is 0.103. The van der Waals surface area contributed by atoms with Gasteiger partial charge in [0.2, 0.25) is 0 Å². The van der Waals surface area contributed by atoms with Gasteiger partial charge in [0.25, 0.3) is 0 Å². The summed E-state index contributed by atoms with van der Waals surface area (Å²) in [5.74, 6) is 0.141. The van der Waals surface area contributed by atoms with Crippen LogP contribution in [0, 0.1) is 17.8 Å². The largest absolute Gasteiger partial charge is 0.472 e. The molecule has 0 rings (SSSR count). The molecule has 0 aliphatic carbocycles. The maximum atomic E-state index is 13.0. The number of ether oxygens (including phenoxy) is 4. The average molecular weight is 1310 g/mol. The van der Waals surface area contributed by atoms with E-state index < -0.39 is 97.5 Å². The molecule has 0 saturated carbocycles. The van der Waals surface area contributed by atoms with Crippen LogP contribution in [0.4, 0.5) is 0 Å². The van der Waals surface area contributed by atoms with Crippen LogP contribution in [0.5, 0.6) is 0 Å². The third kappa shape index (κ3) is 64.6. The van der Waals surface area contributed by atoms with Crippen molar-refractivity contribution in [3.05, 3.63) is 0 Å². The predicted octanol–water partition coefficient (Wildman–Crippen LogP) is 19.8. The maximum absolute atomic E-state index is 13.0. The SMILES string of the molecule is CCCCCCCCCC(=O)OC[C@H](COP(=O)(O)OC[C@H](O)COP(=O)(O)OC[C@@H](COC(=O)CCCCCCCCCCCCCCC(C)C)OC(=O)CCCCCCCCCCCCCCCCC(C)C)OC(=O)CCCCCCCCCC(C)C. The molecule has 0 aromatic heterocycles. The Balaban J connectivity index is 5.20. The van der Waals surface area contributed by atoms with Gasteiger partial charge in [-0.25, -0.2) is 9.13 Å². The fraction of sp³-hybridized carbons (Fsp3) is 0.943. The van der Waals surface area contributed by atoms with Crippen molar-refractivity contribution in [3.8, 4) is 0 Å². The Morgan fingerprint density at radius 3 is 0.764 bits per heavy atom. The van der Waals surface area contributed by atoms with Gasteiger partial charge in [-0.05, 0) is 43.4 Å². The Labute approximate surface area is 543 Å². The third-order valence-electron chi connectivity index (χ3n) is 16.1. The molecule has 0 fully saturated rings. The van der Waals surface area contributed by atoms with Crippen LogP contribution >= 0.6 is 15.6 Å². The maximum Gasteiger partial charge on any atom is 0.472 e. The van der Waals surface area contributed by atoms with Crippen LogP contribution in [0.25, 0.3) is 0 Å². The van der Waals surface area contributed by atoms with Crippen LogP contribution in [0.15, 0.2) is 0 Å². The van der Waals surface area contributed by atoms with Gasteiger partial charge in [-0.15, -0.1) is 0 Å². The van der Waals surface area contributed by atoms with Crippen molar-refractivity contribution in [2.24, 2.45) is 17.8 Å². The number of carbonyl (C=O) groups is 4. The summed E-state index contributed by atoms with van der Waals surface area (Å²) in [5, 5.41) is 10.6. The highest BCUT2D eigenvalue weighted by molar-refractivity contribution is 7.47. The lowest BCUT2D eigenvalue weighted by Crippen LogP contribution is -2.30. The number of hydrogen-bond donors (Lipinski definition) is 3. The van der Waals surface area contributed by atoms with Crippen LogP contribution in [-0.2, 0) is 65.4 Å². The zero-order chi connectivity index (χ0) is 65.9. The van der Waals surface area contributed by atoms with Crippen molar-refractivity contribution in [2.45, 2.75) is 369 Å². The Morgan fingerprint density at radius 1 is 0.303 bits per heavy atom. The second kappa shape index (κ2) is 61.0. The molecule has 0 spiro atoms. The summed E-state index contributed by atoms with van der Waals surface area (Å²) < 4.78 is 68.2. The fourth-order valence-electron chi connectivity index (χ4n) is 10.5. The summed E-state index contributed by atoms with van der Waals surface area (Å²) in [6.45, 7) is 11.8. The molecule has 0 aliphatic rings. The van der Waals surface area contributed by atoms with E-state index in [9.17, 15) is 43.2 Å². The molecule has 0 radical (unpaired) electrons. The first-order chi connectivity index (χ1) is 42.7. The van der Waals surface area contributed by atoms with Gasteiger partial charge in [0.15, 0.2) is 12.2 Å². The molecule has 528 valence electrons.